The Morgan fingerprint density at radius 2 is 2.64 bits per heavy atom. The summed E-state index contributed by atoms with van der Waals surface area (Å²) in [5, 5.41) is 3.92. The van der Waals surface area contributed by atoms with E-state index >= 15 is 0 Å². The lowest BCUT2D eigenvalue weighted by atomic mass is 10.4. The molecule has 3 nitrogen and oxygen atoms in total. The summed E-state index contributed by atoms with van der Waals surface area (Å²) in [6.07, 6.45) is 0. The van der Waals surface area contributed by atoms with E-state index in [0.717, 1.165) is 17.5 Å². The first-order valence-corrected chi connectivity index (χ1v) is 4.69. The maximum atomic E-state index is 11.1. The SMILES string of the molecule is CCOC(=O)[C]1CNCCS1. The molecule has 0 bridgehead atoms. The number of hydrogen-bond acceptors (Lipinski definition) is 4. The third-order valence-electron chi connectivity index (χ3n) is 1.34. The monoisotopic (exact) mass is 174 g/mol. The highest BCUT2D eigenvalue weighted by Gasteiger charge is 2.23. The summed E-state index contributed by atoms with van der Waals surface area (Å²) < 4.78 is 4.84. The van der Waals surface area contributed by atoms with Crippen LogP contribution in [0.4, 0.5) is 0 Å². The van der Waals surface area contributed by atoms with E-state index in [0.29, 0.717) is 13.2 Å². The summed E-state index contributed by atoms with van der Waals surface area (Å²) in [6, 6.07) is 0. The van der Waals surface area contributed by atoms with Gasteiger partial charge in [0.1, 0.15) is 0 Å². The zero-order valence-electron chi connectivity index (χ0n) is 6.55. The van der Waals surface area contributed by atoms with Crippen molar-refractivity contribution in [3.63, 3.8) is 0 Å². The van der Waals surface area contributed by atoms with Crippen molar-refractivity contribution in [3.05, 3.63) is 5.25 Å². The van der Waals surface area contributed by atoms with Gasteiger partial charge in [-0.15, -0.1) is 11.8 Å². The first-order chi connectivity index (χ1) is 5.34. The van der Waals surface area contributed by atoms with Gasteiger partial charge >= 0.3 is 5.97 Å². The molecule has 0 unspecified atom stereocenters. The van der Waals surface area contributed by atoms with Gasteiger partial charge in [-0.3, -0.25) is 4.79 Å². The third kappa shape index (κ3) is 2.71. The van der Waals surface area contributed by atoms with Crippen LogP contribution in [0.1, 0.15) is 6.92 Å². The van der Waals surface area contributed by atoms with Gasteiger partial charge in [-0.1, -0.05) is 0 Å². The molecular formula is C7H12NO2S. The van der Waals surface area contributed by atoms with E-state index in [9.17, 15) is 4.79 Å². The predicted octanol–water partition coefficient (Wildman–Crippen LogP) is 0.418. The molecule has 63 valence electrons. The molecule has 0 aromatic carbocycles. The fourth-order valence-corrected chi connectivity index (χ4v) is 1.72. The maximum absolute atomic E-state index is 11.1. The number of rotatable bonds is 2. The Kier molecular flexibility index (Phi) is 3.72. The van der Waals surface area contributed by atoms with Gasteiger partial charge < -0.3 is 10.1 Å². The lowest BCUT2D eigenvalue weighted by molar-refractivity contribution is -0.139. The highest BCUT2D eigenvalue weighted by Crippen LogP contribution is 2.22. The van der Waals surface area contributed by atoms with Crippen molar-refractivity contribution in [3.8, 4) is 0 Å². The molecule has 0 atom stereocenters. The van der Waals surface area contributed by atoms with Gasteiger partial charge in [0.05, 0.1) is 6.61 Å². The number of carbonyl (C=O) groups excluding carboxylic acids is 1. The summed E-state index contributed by atoms with van der Waals surface area (Å²) in [7, 11) is 0. The average molecular weight is 174 g/mol. The fourth-order valence-electron chi connectivity index (χ4n) is 0.842. The summed E-state index contributed by atoms with van der Waals surface area (Å²) >= 11 is 1.59. The van der Waals surface area contributed by atoms with Crippen LogP contribution in [0.15, 0.2) is 0 Å². The van der Waals surface area contributed by atoms with Crippen molar-refractivity contribution >= 4 is 17.7 Å². The second-order valence-corrected chi connectivity index (χ2v) is 3.36. The number of hydrogen-bond donors (Lipinski definition) is 1. The summed E-state index contributed by atoms with van der Waals surface area (Å²) in [5.74, 6) is 0.804. The zero-order chi connectivity index (χ0) is 8.10. The van der Waals surface area contributed by atoms with Crippen LogP contribution in [0.2, 0.25) is 0 Å². The first-order valence-electron chi connectivity index (χ1n) is 3.71. The Morgan fingerprint density at radius 3 is 3.18 bits per heavy atom. The lowest BCUT2D eigenvalue weighted by Gasteiger charge is -2.19. The van der Waals surface area contributed by atoms with E-state index in [2.05, 4.69) is 5.32 Å². The highest BCUT2D eigenvalue weighted by atomic mass is 32.2. The number of carbonyl (C=O) groups is 1. The van der Waals surface area contributed by atoms with Gasteiger partial charge in [0.25, 0.3) is 0 Å². The molecule has 4 heteroatoms. The minimum Gasteiger partial charge on any atom is -0.465 e. The van der Waals surface area contributed by atoms with Gasteiger partial charge in [-0.05, 0) is 6.92 Å². The van der Waals surface area contributed by atoms with Crippen LogP contribution in [0, 0.1) is 5.25 Å². The summed E-state index contributed by atoms with van der Waals surface area (Å²) in [6.45, 7) is 3.93. The van der Waals surface area contributed by atoms with Crippen molar-refractivity contribution in [2.75, 3.05) is 25.4 Å². The van der Waals surface area contributed by atoms with Crippen molar-refractivity contribution in [1.29, 1.82) is 0 Å². The quantitative estimate of drug-likeness (QED) is 0.616. The Bertz CT molecular complexity index is 134. The van der Waals surface area contributed by atoms with Crippen LogP contribution in [0.3, 0.4) is 0 Å². The van der Waals surface area contributed by atoms with Gasteiger partial charge in [-0.25, -0.2) is 0 Å². The normalized spacial score (nSPS) is 19.7. The fraction of sp³-hybridized carbons (Fsp3) is 0.714. The van der Waals surface area contributed by atoms with Gasteiger partial charge in [0.2, 0.25) is 0 Å². The van der Waals surface area contributed by atoms with Crippen LogP contribution in [0.25, 0.3) is 0 Å². The molecule has 1 aliphatic rings. The van der Waals surface area contributed by atoms with Gasteiger partial charge in [0, 0.05) is 18.8 Å². The van der Waals surface area contributed by atoms with Crippen molar-refractivity contribution in [1.82, 2.24) is 5.32 Å². The van der Waals surface area contributed by atoms with E-state index in [4.69, 9.17) is 4.74 Å². The molecule has 0 spiro atoms. The molecule has 0 aromatic rings. The summed E-state index contributed by atoms with van der Waals surface area (Å²) in [5.41, 5.74) is 0. The highest BCUT2D eigenvalue weighted by molar-refractivity contribution is 8.03. The number of nitrogens with one attached hydrogen (secondary N) is 1. The average Bonchev–Trinajstić information content (AvgIpc) is 2.07. The Hall–Kier alpha value is -0.220. The van der Waals surface area contributed by atoms with Gasteiger partial charge in [0.15, 0.2) is 5.25 Å². The van der Waals surface area contributed by atoms with E-state index in [1.54, 1.807) is 11.8 Å². The minimum absolute atomic E-state index is 0.162. The molecule has 0 saturated carbocycles. The molecule has 0 amide bonds. The predicted molar refractivity (Wildman–Crippen MR) is 45.2 cm³/mol. The van der Waals surface area contributed by atoms with Crippen LogP contribution in [-0.2, 0) is 9.53 Å². The van der Waals surface area contributed by atoms with Crippen molar-refractivity contribution in [2.24, 2.45) is 0 Å². The van der Waals surface area contributed by atoms with Crippen molar-refractivity contribution in [2.45, 2.75) is 6.92 Å². The van der Waals surface area contributed by atoms with Crippen molar-refractivity contribution < 1.29 is 9.53 Å². The standard InChI is InChI=1S/C7H12NO2S/c1-2-10-7(9)6-5-8-3-4-11-6/h8H,2-5H2,1H3. The van der Waals surface area contributed by atoms with E-state index in [-0.39, 0.29) is 5.97 Å². The Morgan fingerprint density at radius 1 is 1.82 bits per heavy atom. The third-order valence-corrected chi connectivity index (χ3v) is 2.41. The molecule has 1 fully saturated rings. The van der Waals surface area contributed by atoms with Crippen LogP contribution in [-0.4, -0.2) is 31.4 Å². The van der Waals surface area contributed by atoms with Crippen LogP contribution in [0.5, 0.6) is 0 Å². The van der Waals surface area contributed by atoms with E-state index in [1.807, 2.05) is 6.92 Å². The molecule has 1 rings (SSSR count). The van der Waals surface area contributed by atoms with E-state index < -0.39 is 0 Å². The molecule has 1 heterocycles. The molecular weight excluding hydrogens is 162 g/mol. The number of ether oxygens (including phenoxy) is 1. The summed E-state index contributed by atoms with van der Waals surface area (Å²) in [4.78, 5) is 11.1. The zero-order valence-corrected chi connectivity index (χ0v) is 7.37. The molecule has 0 aliphatic carbocycles. The van der Waals surface area contributed by atoms with Crippen LogP contribution < -0.4 is 5.32 Å². The second kappa shape index (κ2) is 4.62. The minimum atomic E-state index is -0.162. The molecule has 1 N–H and O–H groups in total. The smallest absolute Gasteiger partial charge is 0.325 e. The second-order valence-electron chi connectivity index (χ2n) is 2.17. The molecule has 11 heavy (non-hydrogen) atoms. The lowest BCUT2D eigenvalue weighted by Crippen LogP contribution is -2.32. The first kappa shape index (κ1) is 8.87. The number of esters is 1. The maximum Gasteiger partial charge on any atom is 0.325 e. The largest absolute Gasteiger partial charge is 0.465 e. The molecule has 1 radical (unpaired) electrons. The van der Waals surface area contributed by atoms with Gasteiger partial charge in [-0.2, -0.15) is 0 Å². The molecule has 0 aromatic heterocycles. The Labute approximate surface area is 70.9 Å². The number of thioether (sulfide) groups is 1. The molecule has 1 saturated heterocycles. The Balaban J connectivity index is 2.27. The van der Waals surface area contributed by atoms with Crippen LogP contribution >= 0.6 is 11.8 Å². The molecule has 1 aliphatic heterocycles. The van der Waals surface area contributed by atoms with E-state index in [1.165, 1.54) is 0 Å². The topological polar surface area (TPSA) is 38.3 Å².